The molecule has 20 heavy (non-hydrogen) atoms. The minimum atomic E-state index is -3.13. The van der Waals surface area contributed by atoms with E-state index in [-0.39, 0.29) is 0 Å². The van der Waals surface area contributed by atoms with Crippen LogP contribution in [0.2, 0.25) is 5.02 Å². The summed E-state index contributed by atoms with van der Waals surface area (Å²) >= 11 is 7.78. The highest BCUT2D eigenvalue weighted by Crippen LogP contribution is 2.31. The largest absolute Gasteiger partial charge is 0.353 e. The van der Waals surface area contributed by atoms with Crippen molar-refractivity contribution < 1.29 is 8.42 Å². The summed E-state index contributed by atoms with van der Waals surface area (Å²) in [5.41, 5.74) is 1.99. The molecule has 1 aliphatic heterocycles. The number of benzene rings is 1. The van der Waals surface area contributed by atoms with Crippen molar-refractivity contribution in [2.24, 2.45) is 0 Å². The standard InChI is InChI=1S/C13H19ClN2O2S2/c1-15-8-10-3-4-11(14)7-12(10)16-5-6-19-9-13(16)20(2,17)18/h3-4,7,13,15H,5-6,8-9H2,1-2H3. The lowest BCUT2D eigenvalue weighted by molar-refractivity contribution is 0.584. The van der Waals surface area contributed by atoms with Crippen LogP contribution < -0.4 is 10.2 Å². The van der Waals surface area contributed by atoms with E-state index in [4.69, 9.17) is 11.6 Å². The van der Waals surface area contributed by atoms with E-state index in [1.54, 1.807) is 11.8 Å². The molecule has 1 heterocycles. The number of nitrogens with one attached hydrogen (secondary N) is 1. The zero-order valence-electron chi connectivity index (χ0n) is 11.6. The number of thioether (sulfide) groups is 1. The summed E-state index contributed by atoms with van der Waals surface area (Å²) in [5.74, 6) is 1.53. The van der Waals surface area contributed by atoms with Crippen LogP contribution in [-0.2, 0) is 16.4 Å². The van der Waals surface area contributed by atoms with Gasteiger partial charge >= 0.3 is 0 Å². The van der Waals surface area contributed by atoms with E-state index < -0.39 is 15.2 Å². The monoisotopic (exact) mass is 334 g/mol. The molecule has 0 spiro atoms. The molecule has 1 aromatic carbocycles. The molecule has 0 saturated carbocycles. The van der Waals surface area contributed by atoms with Crippen molar-refractivity contribution in [3.8, 4) is 0 Å². The van der Waals surface area contributed by atoms with Crippen LogP contribution in [0.15, 0.2) is 18.2 Å². The average Bonchev–Trinajstić information content (AvgIpc) is 2.40. The minimum absolute atomic E-state index is 0.477. The third-order valence-electron chi connectivity index (χ3n) is 3.30. The van der Waals surface area contributed by atoms with Crippen molar-refractivity contribution in [1.29, 1.82) is 0 Å². The van der Waals surface area contributed by atoms with Crippen LogP contribution in [0.4, 0.5) is 5.69 Å². The molecule has 0 bridgehead atoms. The number of anilines is 1. The zero-order valence-corrected chi connectivity index (χ0v) is 14.0. The molecule has 1 fully saturated rings. The first-order valence-electron chi connectivity index (χ1n) is 6.40. The summed E-state index contributed by atoms with van der Waals surface area (Å²) in [5, 5.41) is 3.27. The van der Waals surface area contributed by atoms with Gasteiger partial charge < -0.3 is 10.2 Å². The summed E-state index contributed by atoms with van der Waals surface area (Å²) in [6.45, 7) is 1.41. The topological polar surface area (TPSA) is 49.4 Å². The SMILES string of the molecule is CNCc1ccc(Cl)cc1N1CCSCC1S(C)(=O)=O. The molecule has 0 aliphatic carbocycles. The predicted molar refractivity (Wildman–Crippen MR) is 87.5 cm³/mol. The molecule has 1 aromatic rings. The van der Waals surface area contributed by atoms with Crippen LogP contribution in [0, 0.1) is 0 Å². The van der Waals surface area contributed by atoms with Gasteiger partial charge in [-0.2, -0.15) is 11.8 Å². The second-order valence-electron chi connectivity index (χ2n) is 4.86. The number of hydrogen-bond donors (Lipinski definition) is 1. The lowest BCUT2D eigenvalue weighted by atomic mass is 10.1. The van der Waals surface area contributed by atoms with Gasteiger partial charge in [0, 0.05) is 41.6 Å². The van der Waals surface area contributed by atoms with E-state index in [1.807, 2.05) is 30.1 Å². The Morgan fingerprint density at radius 3 is 2.90 bits per heavy atom. The highest BCUT2D eigenvalue weighted by atomic mass is 35.5. The Labute approximate surface area is 129 Å². The first-order valence-corrected chi connectivity index (χ1v) is 9.88. The van der Waals surface area contributed by atoms with E-state index in [2.05, 4.69) is 5.32 Å². The van der Waals surface area contributed by atoms with E-state index in [0.29, 0.717) is 17.3 Å². The Hall–Kier alpha value is -0.430. The van der Waals surface area contributed by atoms with Gasteiger partial charge in [0.1, 0.15) is 5.37 Å². The van der Waals surface area contributed by atoms with Gasteiger partial charge in [0.2, 0.25) is 0 Å². The second-order valence-corrected chi connectivity index (χ2v) is 8.65. The smallest absolute Gasteiger partial charge is 0.169 e. The Morgan fingerprint density at radius 2 is 2.25 bits per heavy atom. The molecular formula is C13H19ClN2O2S2. The summed E-state index contributed by atoms with van der Waals surface area (Å²) in [7, 11) is -1.25. The van der Waals surface area contributed by atoms with Gasteiger partial charge in [-0.15, -0.1) is 0 Å². The van der Waals surface area contributed by atoms with Crippen molar-refractivity contribution in [1.82, 2.24) is 5.32 Å². The number of halogens is 1. The van der Waals surface area contributed by atoms with Crippen molar-refractivity contribution >= 4 is 38.9 Å². The summed E-state index contributed by atoms with van der Waals surface area (Å²) in [6, 6.07) is 5.66. The fourth-order valence-corrected chi connectivity index (χ4v) is 5.35. The van der Waals surface area contributed by atoms with Crippen molar-refractivity contribution in [2.45, 2.75) is 11.9 Å². The van der Waals surface area contributed by atoms with E-state index >= 15 is 0 Å². The lowest BCUT2D eigenvalue weighted by Crippen LogP contribution is -2.47. The van der Waals surface area contributed by atoms with Crippen LogP contribution >= 0.6 is 23.4 Å². The first-order chi connectivity index (χ1) is 9.43. The van der Waals surface area contributed by atoms with Gasteiger partial charge in [-0.05, 0) is 24.7 Å². The van der Waals surface area contributed by atoms with E-state index in [1.165, 1.54) is 6.26 Å². The van der Waals surface area contributed by atoms with Gasteiger partial charge in [-0.25, -0.2) is 8.42 Å². The number of hydrogen-bond acceptors (Lipinski definition) is 5. The average molecular weight is 335 g/mol. The quantitative estimate of drug-likeness (QED) is 0.912. The van der Waals surface area contributed by atoms with Crippen molar-refractivity contribution in [3.63, 3.8) is 0 Å². The Bertz CT molecular complexity index is 578. The maximum Gasteiger partial charge on any atom is 0.169 e. The third kappa shape index (κ3) is 3.61. The minimum Gasteiger partial charge on any atom is -0.353 e. The molecule has 0 aromatic heterocycles. The molecule has 1 atom stereocenters. The molecule has 1 unspecified atom stereocenters. The summed E-state index contributed by atoms with van der Waals surface area (Å²) in [6.07, 6.45) is 1.30. The fraction of sp³-hybridized carbons (Fsp3) is 0.538. The summed E-state index contributed by atoms with van der Waals surface area (Å²) in [4.78, 5) is 1.98. The second kappa shape index (κ2) is 6.56. The maximum absolute atomic E-state index is 12.0. The number of nitrogens with zero attached hydrogens (tertiary/aromatic N) is 1. The molecule has 1 aliphatic rings. The van der Waals surface area contributed by atoms with Crippen LogP contribution in [0.1, 0.15) is 5.56 Å². The maximum atomic E-state index is 12.0. The highest BCUT2D eigenvalue weighted by molar-refractivity contribution is 8.01. The van der Waals surface area contributed by atoms with Crippen LogP contribution in [0.5, 0.6) is 0 Å². The highest BCUT2D eigenvalue weighted by Gasteiger charge is 2.32. The molecular weight excluding hydrogens is 316 g/mol. The van der Waals surface area contributed by atoms with Crippen molar-refractivity contribution in [2.75, 3.05) is 36.3 Å². The normalized spacial score (nSPS) is 20.1. The molecule has 1 saturated heterocycles. The Morgan fingerprint density at radius 1 is 1.50 bits per heavy atom. The molecule has 0 radical (unpaired) electrons. The number of rotatable bonds is 4. The van der Waals surface area contributed by atoms with Crippen LogP contribution in [0.3, 0.4) is 0 Å². The zero-order chi connectivity index (χ0) is 14.8. The predicted octanol–water partition coefficient (Wildman–Crippen LogP) is 1.98. The Kier molecular flexibility index (Phi) is 5.23. The van der Waals surface area contributed by atoms with Gasteiger partial charge in [-0.3, -0.25) is 0 Å². The third-order valence-corrected chi connectivity index (χ3v) is 6.18. The summed E-state index contributed by atoms with van der Waals surface area (Å²) < 4.78 is 24.0. The fourth-order valence-electron chi connectivity index (χ4n) is 2.36. The molecule has 1 N–H and O–H groups in total. The van der Waals surface area contributed by atoms with Crippen molar-refractivity contribution in [3.05, 3.63) is 28.8 Å². The lowest BCUT2D eigenvalue weighted by Gasteiger charge is -2.37. The first kappa shape index (κ1) is 15.9. The van der Waals surface area contributed by atoms with Crippen LogP contribution in [0.25, 0.3) is 0 Å². The van der Waals surface area contributed by atoms with E-state index in [0.717, 1.165) is 23.5 Å². The number of sulfone groups is 1. The Balaban J connectivity index is 2.44. The van der Waals surface area contributed by atoms with Gasteiger partial charge in [0.05, 0.1) is 0 Å². The molecule has 7 heteroatoms. The molecule has 4 nitrogen and oxygen atoms in total. The molecule has 112 valence electrons. The van der Waals surface area contributed by atoms with Gasteiger partial charge in [0.25, 0.3) is 0 Å². The van der Waals surface area contributed by atoms with Crippen LogP contribution in [-0.4, -0.2) is 45.1 Å². The van der Waals surface area contributed by atoms with E-state index in [9.17, 15) is 8.42 Å². The van der Waals surface area contributed by atoms with Gasteiger partial charge in [-0.1, -0.05) is 17.7 Å². The molecule has 2 rings (SSSR count). The molecule has 0 amide bonds. The van der Waals surface area contributed by atoms with Gasteiger partial charge in [0.15, 0.2) is 9.84 Å².